The first-order valence-electron chi connectivity index (χ1n) is 8.59. The zero-order valence-corrected chi connectivity index (χ0v) is 13.8. The lowest BCUT2D eigenvalue weighted by atomic mass is 9.92. The first-order valence-corrected chi connectivity index (χ1v) is 8.59. The Morgan fingerprint density at radius 3 is 2.79 bits per heavy atom. The predicted octanol–water partition coefficient (Wildman–Crippen LogP) is 4.08. The van der Waals surface area contributed by atoms with E-state index < -0.39 is 0 Å². The third kappa shape index (κ3) is 2.42. The minimum absolute atomic E-state index is 0.158. The first kappa shape index (κ1) is 15.1. The van der Waals surface area contributed by atoms with Crippen LogP contribution in [0, 0.1) is 0 Å². The molecule has 1 amide bonds. The summed E-state index contributed by atoms with van der Waals surface area (Å²) >= 11 is 0. The number of rotatable bonds is 5. The third-order valence-electron chi connectivity index (χ3n) is 4.77. The van der Waals surface area contributed by atoms with Gasteiger partial charge in [-0.25, -0.2) is 0 Å². The molecule has 0 aromatic heterocycles. The van der Waals surface area contributed by atoms with Crippen LogP contribution in [0.2, 0.25) is 0 Å². The molecule has 0 saturated carbocycles. The lowest BCUT2D eigenvalue weighted by Crippen LogP contribution is -2.30. The molecular weight excluding hydrogens is 302 g/mol. The number of nitrogens with zero attached hydrogens (tertiary/aromatic N) is 1. The standard InChI is InChI=1S/C20H21NO3/c1-2-3-6-11-21-16-8-5-4-7-15(16)19(20(21)22)14-9-10-17-18(12-14)24-13-23-17/h4-5,7-10,12,19H,2-3,6,11,13H2,1H3/t19-/m0/s1. The summed E-state index contributed by atoms with van der Waals surface area (Å²) in [5.41, 5.74) is 3.09. The van der Waals surface area contributed by atoms with E-state index in [1.165, 1.54) is 0 Å². The van der Waals surface area contributed by atoms with E-state index >= 15 is 0 Å². The van der Waals surface area contributed by atoms with E-state index in [4.69, 9.17) is 9.47 Å². The van der Waals surface area contributed by atoms with E-state index in [-0.39, 0.29) is 18.6 Å². The molecule has 2 aliphatic rings. The highest BCUT2D eigenvalue weighted by Crippen LogP contribution is 2.43. The average Bonchev–Trinajstić information content (AvgIpc) is 3.17. The summed E-state index contributed by atoms with van der Waals surface area (Å²) in [6.45, 7) is 3.21. The molecule has 2 aromatic carbocycles. The second kappa shape index (κ2) is 6.19. The lowest BCUT2D eigenvalue weighted by Gasteiger charge is -2.18. The van der Waals surface area contributed by atoms with Gasteiger partial charge in [0.2, 0.25) is 12.7 Å². The molecule has 0 aliphatic carbocycles. The van der Waals surface area contributed by atoms with Gasteiger partial charge < -0.3 is 14.4 Å². The molecule has 0 radical (unpaired) electrons. The first-order chi connectivity index (χ1) is 11.8. The molecule has 4 nitrogen and oxygen atoms in total. The van der Waals surface area contributed by atoms with E-state index in [1.54, 1.807) is 0 Å². The summed E-state index contributed by atoms with van der Waals surface area (Å²) in [5.74, 6) is 1.38. The highest BCUT2D eigenvalue weighted by molar-refractivity contribution is 6.07. The Kier molecular flexibility index (Phi) is 3.89. The number of anilines is 1. The van der Waals surface area contributed by atoms with Crippen LogP contribution >= 0.6 is 0 Å². The predicted molar refractivity (Wildman–Crippen MR) is 92.7 cm³/mol. The Morgan fingerprint density at radius 1 is 1.08 bits per heavy atom. The van der Waals surface area contributed by atoms with Crippen molar-refractivity contribution in [3.63, 3.8) is 0 Å². The smallest absolute Gasteiger partial charge is 0.239 e. The highest BCUT2D eigenvalue weighted by atomic mass is 16.7. The van der Waals surface area contributed by atoms with E-state index in [2.05, 4.69) is 13.0 Å². The second-order valence-corrected chi connectivity index (χ2v) is 6.30. The van der Waals surface area contributed by atoms with Crippen LogP contribution in [0.25, 0.3) is 0 Å². The molecule has 4 heteroatoms. The monoisotopic (exact) mass is 323 g/mol. The number of hydrogen-bond acceptors (Lipinski definition) is 3. The van der Waals surface area contributed by atoms with E-state index in [9.17, 15) is 4.79 Å². The molecule has 2 aliphatic heterocycles. The van der Waals surface area contributed by atoms with Crippen molar-refractivity contribution in [2.24, 2.45) is 0 Å². The third-order valence-corrected chi connectivity index (χ3v) is 4.77. The zero-order chi connectivity index (χ0) is 16.5. The maximum atomic E-state index is 13.1. The second-order valence-electron chi connectivity index (χ2n) is 6.30. The van der Waals surface area contributed by atoms with Crippen molar-refractivity contribution in [3.8, 4) is 11.5 Å². The van der Waals surface area contributed by atoms with Crippen LogP contribution < -0.4 is 14.4 Å². The van der Waals surface area contributed by atoms with Crippen molar-refractivity contribution >= 4 is 11.6 Å². The van der Waals surface area contributed by atoms with Gasteiger partial charge in [0.25, 0.3) is 0 Å². The fourth-order valence-corrected chi connectivity index (χ4v) is 3.55. The highest BCUT2D eigenvalue weighted by Gasteiger charge is 2.38. The summed E-state index contributed by atoms with van der Waals surface area (Å²) < 4.78 is 10.9. The molecule has 0 unspecified atom stereocenters. The van der Waals surface area contributed by atoms with Gasteiger partial charge in [0.15, 0.2) is 11.5 Å². The van der Waals surface area contributed by atoms with Gasteiger partial charge in [0, 0.05) is 12.2 Å². The van der Waals surface area contributed by atoms with Crippen LogP contribution in [0.15, 0.2) is 42.5 Å². The molecular formula is C20H21NO3. The Morgan fingerprint density at radius 2 is 1.92 bits per heavy atom. The van der Waals surface area contributed by atoms with E-state index in [0.717, 1.165) is 54.1 Å². The number of hydrogen-bond donors (Lipinski definition) is 0. The number of ether oxygens (including phenoxy) is 2. The SMILES string of the molecule is CCCCCN1C(=O)[C@@H](c2ccc3c(c2)OCO3)c2ccccc21. The van der Waals surface area contributed by atoms with Gasteiger partial charge in [-0.2, -0.15) is 0 Å². The fourth-order valence-electron chi connectivity index (χ4n) is 3.55. The Balaban J connectivity index is 1.69. The summed E-state index contributed by atoms with van der Waals surface area (Å²) in [4.78, 5) is 15.1. The van der Waals surface area contributed by atoms with Crippen molar-refractivity contribution in [2.45, 2.75) is 32.1 Å². The van der Waals surface area contributed by atoms with Gasteiger partial charge in [-0.15, -0.1) is 0 Å². The number of carbonyl (C=O) groups excluding carboxylic acids is 1. The average molecular weight is 323 g/mol. The molecule has 4 rings (SSSR count). The van der Waals surface area contributed by atoms with Crippen molar-refractivity contribution in [1.29, 1.82) is 0 Å². The van der Waals surface area contributed by atoms with Crippen LogP contribution in [0.5, 0.6) is 11.5 Å². The van der Waals surface area contributed by atoms with Crippen LogP contribution in [0.3, 0.4) is 0 Å². The molecule has 0 N–H and O–H groups in total. The number of carbonyl (C=O) groups is 1. The maximum absolute atomic E-state index is 13.1. The Bertz CT molecular complexity index is 771. The summed E-state index contributed by atoms with van der Waals surface area (Å²) in [6.07, 6.45) is 3.32. The van der Waals surface area contributed by atoms with Gasteiger partial charge in [-0.1, -0.05) is 44.0 Å². The summed E-state index contributed by atoms with van der Waals surface area (Å²) in [7, 11) is 0. The topological polar surface area (TPSA) is 38.8 Å². The van der Waals surface area contributed by atoms with Gasteiger partial charge in [0.1, 0.15) is 0 Å². The number of amides is 1. The van der Waals surface area contributed by atoms with Gasteiger partial charge in [-0.3, -0.25) is 4.79 Å². The maximum Gasteiger partial charge on any atom is 0.239 e. The molecule has 24 heavy (non-hydrogen) atoms. The van der Waals surface area contributed by atoms with Crippen molar-refractivity contribution < 1.29 is 14.3 Å². The number of fused-ring (bicyclic) bond motifs is 2. The summed E-state index contributed by atoms with van der Waals surface area (Å²) in [5, 5.41) is 0. The van der Waals surface area contributed by atoms with Gasteiger partial charge in [0.05, 0.1) is 5.92 Å². The van der Waals surface area contributed by atoms with Crippen LogP contribution in [0.1, 0.15) is 43.2 Å². The van der Waals surface area contributed by atoms with E-state index in [0.29, 0.717) is 0 Å². The molecule has 0 spiro atoms. The quantitative estimate of drug-likeness (QED) is 0.778. The van der Waals surface area contributed by atoms with Gasteiger partial charge >= 0.3 is 0 Å². The normalized spacial score (nSPS) is 18.1. The molecule has 0 fully saturated rings. The minimum atomic E-state index is -0.252. The van der Waals surface area contributed by atoms with Gasteiger partial charge in [-0.05, 0) is 35.7 Å². The molecule has 1 atom stereocenters. The zero-order valence-electron chi connectivity index (χ0n) is 13.8. The van der Waals surface area contributed by atoms with Crippen LogP contribution in [0.4, 0.5) is 5.69 Å². The largest absolute Gasteiger partial charge is 0.454 e. The van der Waals surface area contributed by atoms with E-state index in [1.807, 2.05) is 41.3 Å². The van der Waals surface area contributed by atoms with Crippen LogP contribution in [-0.2, 0) is 4.79 Å². The number of unbranched alkanes of at least 4 members (excludes halogenated alkanes) is 2. The van der Waals surface area contributed by atoms with Crippen molar-refractivity contribution in [3.05, 3.63) is 53.6 Å². The Hall–Kier alpha value is -2.49. The van der Waals surface area contributed by atoms with Crippen molar-refractivity contribution in [2.75, 3.05) is 18.2 Å². The molecule has 2 aromatic rings. The molecule has 124 valence electrons. The molecule has 0 bridgehead atoms. The fraction of sp³-hybridized carbons (Fsp3) is 0.350. The lowest BCUT2D eigenvalue weighted by molar-refractivity contribution is -0.118. The number of para-hydroxylation sites is 1. The molecule has 0 saturated heterocycles. The Labute approximate surface area is 142 Å². The number of benzene rings is 2. The molecule has 2 heterocycles. The van der Waals surface area contributed by atoms with Crippen molar-refractivity contribution in [1.82, 2.24) is 0 Å². The minimum Gasteiger partial charge on any atom is -0.454 e. The van der Waals surface area contributed by atoms with Crippen LogP contribution in [-0.4, -0.2) is 19.2 Å². The summed E-state index contributed by atoms with van der Waals surface area (Å²) in [6, 6.07) is 13.9.